The van der Waals surface area contributed by atoms with Gasteiger partial charge >= 0.3 is 12.1 Å². The Morgan fingerprint density at radius 3 is 2.56 bits per heavy atom. The molecule has 0 aliphatic carbocycles. The number of hydrogen-bond acceptors (Lipinski definition) is 4. The van der Waals surface area contributed by atoms with Crippen molar-refractivity contribution in [1.82, 2.24) is 19.9 Å². The van der Waals surface area contributed by atoms with Crippen LogP contribution in [0.1, 0.15) is 70.5 Å². The fourth-order valence-corrected chi connectivity index (χ4v) is 4.74. The van der Waals surface area contributed by atoms with E-state index in [2.05, 4.69) is 47.5 Å². The molecule has 6 nitrogen and oxygen atoms in total. The molecule has 1 saturated heterocycles. The number of fused-ring (bicyclic) bond motifs is 1. The first-order valence-corrected chi connectivity index (χ1v) is 11.1. The largest absolute Gasteiger partial charge is 0.481 e. The second-order valence-corrected chi connectivity index (χ2v) is 10.3. The zero-order chi connectivity index (χ0) is 23.9. The van der Waals surface area contributed by atoms with Crippen LogP contribution >= 0.6 is 0 Å². The Bertz CT molecular complexity index is 980. The molecule has 0 saturated carbocycles. The first-order chi connectivity index (χ1) is 14.7. The Labute approximate surface area is 186 Å². The van der Waals surface area contributed by atoms with Gasteiger partial charge in [-0.2, -0.15) is 13.2 Å². The van der Waals surface area contributed by atoms with Crippen LogP contribution in [0.5, 0.6) is 0 Å². The van der Waals surface area contributed by atoms with E-state index in [1.807, 2.05) is 0 Å². The van der Waals surface area contributed by atoms with E-state index in [9.17, 15) is 23.1 Å². The molecule has 0 spiro atoms. The number of carboxylic acids is 1. The molecule has 0 unspecified atom stereocenters. The normalized spacial score (nSPS) is 23.1. The molecule has 1 aliphatic heterocycles. The summed E-state index contributed by atoms with van der Waals surface area (Å²) in [5.41, 5.74) is -0.881. The van der Waals surface area contributed by atoms with E-state index >= 15 is 0 Å². The van der Waals surface area contributed by atoms with E-state index in [4.69, 9.17) is 0 Å². The Morgan fingerprint density at radius 1 is 1.31 bits per heavy atom. The molecule has 1 aliphatic rings. The summed E-state index contributed by atoms with van der Waals surface area (Å²) in [6, 6.07) is 1.59. The number of alkyl halides is 3. The number of nitrogens with one attached hydrogen (secondary N) is 1. The number of aromatic amines is 1. The molecule has 9 heteroatoms. The number of aryl methyl sites for hydroxylation is 1. The zero-order valence-corrected chi connectivity index (χ0v) is 19.4. The standard InChI is InChI=1S/C23H33F3N4O2/c1-6-7-8-22(20(31)32)10-15(21(3,4)5)11-30(13-22)12-16-9-17-19(28-16)27-14(2)18(29-17)23(24,25)26/h9,15H,6-8,10-13H2,1-5H3,(H,27,28)(H,31,32)/t15-,22-/m1/s1. The second-order valence-electron chi connectivity index (χ2n) is 10.3. The third-order valence-corrected chi connectivity index (χ3v) is 6.68. The zero-order valence-electron chi connectivity index (χ0n) is 19.4. The van der Waals surface area contributed by atoms with Crippen LogP contribution < -0.4 is 0 Å². The smallest absolute Gasteiger partial charge is 0.435 e. The maximum absolute atomic E-state index is 13.2. The fraction of sp³-hybridized carbons (Fsp3) is 0.696. The Balaban J connectivity index is 1.92. The molecule has 2 aromatic heterocycles. The lowest BCUT2D eigenvalue weighted by Crippen LogP contribution is -2.53. The third-order valence-electron chi connectivity index (χ3n) is 6.68. The van der Waals surface area contributed by atoms with Crippen molar-refractivity contribution >= 4 is 17.1 Å². The third kappa shape index (κ3) is 5.08. The highest BCUT2D eigenvalue weighted by Gasteiger charge is 2.47. The second kappa shape index (κ2) is 8.65. The minimum Gasteiger partial charge on any atom is -0.481 e. The number of likely N-dealkylation sites (tertiary alicyclic amines) is 1. The van der Waals surface area contributed by atoms with Crippen molar-refractivity contribution in [3.63, 3.8) is 0 Å². The van der Waals surface area contributed by atoms with Crippen molar-refractivity contribution < 1.29 is 23.1 Å². The minimum absolute atomic E-state index is 0.0616. The molecule has 2 aromatic rings. The summed E-state index contributed by atoms with van der Waals surface area (Å²) in [6.45, 7) is 11.3. The maximum atomic E-state index is 13.2. The highest BCUT2D eigenvalue weighted by Crippen LogP contribution is 2.44. The van der Waals surface area contributed by atoms with Crippen molar-refractivity contribution in [2.75, 3.05) is 13.1 Å². The van der Waals surface area contributed by atoms with Crippen molar-refractivity contribution in [2.45, 2.75) is 73.0 Å². The van der Waals surface area contributed by atoms with E-state index in [-0.39, 0.29) is 22.5 Å². The number of carbonyl (C=O) groups is 1. The van der Waals surface area contributed by atoms with Crippen molar-refractivity contribution in [3.05, 3.63) is 23.1 Å². The number of aliphatic carboxylic acids is 1. The van der Waals surface area contributed by atoms with Crippen LogP contribution in [-0.4, -0.2) is 44.0 Å². The molecule has 0 radical (unpaired) electrons. The van der Waals surface area contributed by atoms with Gasteiger partial charge in [-0.05, 0) is 37.2 Å². The van der Waals surface area contributed by atoms with Gasteiger partial charge in [0.25, 0.3) is 0 Å². The van der Waals surface area contributed by atoms with E-state index in [1.165, 1.54) is 6.92 Å². The van der Waals surface area contributed by atoms with E-state index in [1.54, 1.807) is 6.07 Å². The first kappa shape index (κ1) is 24.5. The van der Waals surface area contributed by atoms with E-state index in [0.717, 1.165) is 19.4 Å². The number of halogens is 3. The fourth-order valence-electron chi connectivity index (χ4n) is 4.74. The van der Waals surface area contributed by atoms with Gasteiger partial charge in [0, 0.05) is 25.3 Å². The van der Waals surface area contributed by atoms with Crippen LogP contribution in [0.15, 0.2) is 6.07 Å². The number of nitrogens with zero attached hydrogens (tertiary/aromatic N) is 3. The molecule has 1 fully saturated rings. The number of carboxylic acid groups (broad SMARTS) is 1. The summed E-state index contributed by atoms with van der Waals surface area (Å²) in [7, 11) is 0. The van der Waals surface area contributed by atoms with Gasteiger partial charge in [0.2, 0.25) is 0 Å². The lowest BCUT2D eigenvalue weighted by Gasteiger charge is -2.48. The van der Waals surface area contributed by atoms with Gasteiger partial charge in [-0.1, -0.05) is 40.5 Å². The molecule has 2 N–H and O–H groups in total. The van der Waals surface area contributed by atoms with Crippen LogP contribution in [0.2, 0.25) is 0 Å². The van der Waals surface area contributed by atoms with E-state index < -0.39 is 23.3 Å². The monoisotopic (exact) mass is 454 g/mol. The molecule has 32 heavy (non-hydrogen) atoms. The molecule has 3 rings (SSSR count). The molecule has 0 bridgehead atoms. The van der Waals surface area contributed by atoms with Crippen LogP contribution in [-0.2, 0) is 17.5 Å². The van der Waals surface area contributed by atoms with Gasteiger partial charge in [0.15, 0.2) is 11.3 Å². The highest BCUT2D eigenvalue weighted by atomic mass is 19.4. The van der Waals surface area contributed by atoms with Crippen LogP contribution in [0.4, 0.5) is 13.2 Å². The highest BCUT2D eigenvalue weighted by molar-refractivity contribution is 5.75. The lowest BCUT2D eigenvalue weighted by molar-refractivity contribution is -0.157. The Hall–Kier alpha value is -2.16. The number of H-pyrrole nitrogens is 1. The van der Waals surface area contributed by atoms with E-state index in [0.29, 0.717) is 37.3 Å². The van der Waals surface area contributed by atoms with Crippen molar-refractivity contribution in [1.29, 1.82) is 0 Å². The minimum atomic E-state index is -4.56. The molecule has 3 heterocycles. The molecule has 0 aromatic carbocycles. The summed E-state index contributed by atoms with van der Waals surface area (Å²) in [5, 5.41) is 10.2. The summed E-state index contributed by atoms with van der Waals surface area (Å²) < 4.78 is 39.6. The maximum Gasteiger partial charge on any atom is 0.435 e. The summed E-state index contributed by atoms with van der Waals surface area (Å²) in [5.74, 6) is -0.584. The molecule has 178 valence electrons. The number of hydrogen-bond donors (Lipinski definition) is 2. The van der Waals surface area contributed by atoms with Gasteiger partial charge in [0.05, 0.1) is 11.1 Å². The summed E-state index contributed by atoms with van der Waals surface area (Å²) in [6.07, 6.45) is -1.54. The SMILES string of the molecule is CCCC[C@@]1(C(=O)O)C[C@@H](C(C)(C)C)CN(Cc2cc3nc(C(F)(F)F)c(C)nc3[nH]2)C1. The van der Waals surface area contributed by atoms with Gasteiger partial charge < -0.3 is 10.1 Å². The number of aromatic nitrogens is 3. The Kier molecular flexibility index (Phi) is 6.62. The van der Waals surface area contributed by atoms with Crippen molar-refractivity contribution in [2.24, 2.45) is 16.7 Å². The number of piperidine rings is 1. The van der Waals surface area contributed by atoms with Crippen LogP contribution in [0.3, 0.4) is 0 Å². The summed E-state index contributed by atoms with van der Waals surface area (Å²) >= 11 is 0. The van der Waals surface area contributed by atoms with Gasteiger partial charge in [-0.3, -0.25) is 9.69 Å². The Morgan fingerprint density at radius 2 is 2.00 bits per heavy atom. The van der Waals surface area contributed by atoms with Crippen molar-refractivity contribution in [3.8, 4) is 0 Å². The predicted octanol–water partition coefficient (Wildman–Crippen LogP) is 5.41. The topological polar surface area (TPSA) is 82.1 Å². The average molecular weight is 455 g/mol. The predicted molar refractivity (Wildman–Crippen MR) is 116 cm³/mol. The number of unbranched alkanes of at least 4 members (excludes halogenated alkanes) is 1. The molecule has 0 amide bonds. The average Bonchev–Trinajstić information content (AvgIpc) is 3.04. The van der Waals surface area contributed by atoms with Gasteiger partial charge in [-0.15, -0.1) is 0 Å². The molecule has 2 atom stereocenters. The van der Waals surface area contributed by atoms with Gasteiger partial charge in [-0.25, -0.2) is 9.97 Å². The number of rotatable bonds is 6. The molecular weight excluding hydrogens is 421 g/mol. The summed E-state index contributed by atoms with van der Waals surface area (Å²) in [4.78, 5) is 25.4. The van der Waals surface area contributed by atoms with Crippen LogP contribution in [0.25, 0.3) is 11.2 Å². The lowest BCUT2D eigenvalue weighted by atomic mass is 9.65. The van der Waals surface area contributed by atoms with Crippen LogP contribution in [0, 0.1) is 23.7 Å². The van der Waals surface area contributed by atoms with Gasteiger partial charge in [0.1, 0.15) is 5.52 Å². The molecular formula is C23H33F3N4O2. The first-order valence-electron chi connectivity index (χ1n) is 11.1. The quantitative estimate of drug-likeness (QED) is 0.610.